The molecule has 0 saturated carbocycles. The van der Waals surface area contributed by atoms with Crippen LogP contribution >= 0.6 is 0 Å². The second-order valence-electron chi connectivity index (χ2n) is 7.08. The van der Waals surface area contributed by atoms with Crippen molar-refractivity contribution in [3.63, 3.8) is 0 Å². The maximum atomic E-state index is 12.6. The van der Waals surface area contributed by atoms with Gasteiger partial charge in [0.2, 0.25) is 0 Å². The first-order chi connectivity index (χ1) is 14.1. The Morgan fingerprint density at radius 2 is 1.93 bits per heavy atom. The van der Waals surface area contributed by atoms with Gasteiger partial charge in [0, 0.05) is 42.0 Å². The lowest BCUT2D eigenvalue weighted by Crippen LogP contribution is -2.35. The Morgan fingerprint density at radius 3 is 2.66 bits per heavy atom. The topological polar surface area (TPSA) is 93.5 Å². The zero-order chi connectivity index (χ0) is 20.4. The molecule has 0 atom stereocenters. The average Bonchev–Trinajstić information content (AvgIpc) is 2.73. The average molecular weight is 392 g/mol. The number of fused-ring (bicyclic) bond motifs is 1. The smallest absolute Gasteiger partial charge is 0.254 e. The van der Waals surface area contributed by atoms with Crippen LogP contribution < -0.4 is 20.8 Å². The fourth-order valence-electron chi connectivity index (χ4n) is 3.73. The van der Waals surface area contributed by atoms with Gasteiger partial charge >= 0.3 is 0 Å². The molecule has 0 amide bonds. The SMILES string of the molecule is COc1cccc(CN2CCc3c(nc(-c4ccc(N)cc4)[nH]c3=O)C2)c1OC. The lowest BCUT2D eigenvalue weighted by molar-refractivity contribution is 0.235. The number of aromatic amines is 1. The van der Waals surface area contributed by atoms with Crippen LogP contribution in [0.3, 0.4) is 0 Å². The maximum absolute atomic E-state index is 12.6. The number of ether oxygens (including phenoxy) is 2. The van der Waals surface area contributed by atoms with E-state index in [-0.39, 0.29) is 5.56 Å². The molecule has 29 heavy (non-hydrogen) atoms. The van der Waals surface area contributed by atoms with Crippen molar-refractivity contribution in [2.24, 2.45) is 0 Å². The Hall–Kier alpha value is -3.32. The first-order valence-corrected chi connectivity index (χ1v) is 9.49. The van der Waals surface area contributed by atoms with Crippen LogP contribution in [0.25, 0.3) is 11.4 Å². The van der Waals surface area contributed by atoms with Crippen molar-refractivity contribution >= 4 is 5.69 Å². The maximum Gasteiger partial charge on any atom is 0.254 e. The number of anilines is 1. The second kappa shape index (κ2) is 7.97. The van der Waals surface area contributed by atoms with Crippen LogP contribution in [0, 0.1) is 0 Å². The van der Waals surface area contributed by atoms with E-state index in [1.165, 1.54) is 0 Å². The largest absolute Gasteiger partial charge is 0.493 e. The number of aromatic nitrogens is 2. The van der Waals surface area contributed by atoms with Gasteiger partial charge in [0.15, 0.2) is 11.5 Å². The van der Waals surface area contributed by atoms with Crippen molar-refractivity contribution < 1.29 is 9.47 Å². The minimum Gasteiger partial charge on any atom is -0.493 e. The summed E-state index contributed by atoms with van der Waals surface area (Å²) in [5.41, 5.74) is 9.82. The van der Waals surface area contributed by atoms with Crippen LogP contribution in [0.2, 0.25) is 0 Å². The van der Waals surface area contributed by atoms with Crippen LogP contribution in [0.15, 0.2) is 47.3 Å². The third-order valence-corrected chi connectivity index (χ3v) is 5.22. The normalized spacial score (nSPS) is 13.7. The summed E-state index contributed by atoms with van der Waals surface area (Å²) in [7, 11) is 3.28. The van der Waals surface area contributed by atoms with E-state index in [4.69, 9.17) is 20.2 Å². The number of hydrogen-bond acceptors (Lipinski definition) is 6. The van der Waals surface area contributed by atoms with E-state index in [0.717, 1.165) is 34.7 Å². The van der Waals surface area contributed by atoms with Crippen LogP contribution in [0.4, 0.5) is 5.69 Å². The number of nitrogens with two attached hydrogens (primary N) is 1. The lowest BCUT2D eigenvalue weighted by Gasteiger charge is -2.28. The van der Waals surface area contributed by atoms with Gasteiger partial charge in [0.25, 0.3) is 5.56 Å². The van der Waals surface area contributed by atoms with E-state index in [1.54, 1.807) is 26.4 Å². The first kappa shape index (κ1) is 19.0. The van der Waals surface area contributed by atoms with Crippen molar-refractivity contribution in [3.05, 3.63) is 69.6 Å². The summed E-state index contributed by atoms with van der Waals surface area (Å²) >= 11 is 0. The van der Waals surface area contributed by atoms with Crippen LogP contribution in [0.1, 0.15) is 16.8 Å². The standard InChI is InChI=1S/C22H24N4O3/c1-28-19-5-3-4-15(20(19)29-2)12-26-11-10-17-18(13-26)24-21(25-22(17)27)14-6-8-16(23)9-7-14/h3-9H,10-13,23H2,1-2H3,(H,24,25,27). The number of hydrogen-bond donors (Lipinski definition) is 2. The van der Waals surface area contributed by atoms with Gasteiger partial charge in [0.1, 0.15) is 5.82 Å². The summed E-state index contributed by atoms with van der Waals surface area (Å²) in [6.45, 7) is 2.06. The summed E-state index contributed by atoms with van der Waals surface area (Å²) < 4.78 is 11.0. The minimum atomic E-state index is -0.0690. The molecule has 0 spiro atoms. The molecule has 7 nitrogen and oxygen atoms in total. The number of nitrogens with one attached hydrogen (secondary N) is 1. The molecule has 0 bridgehead atoms. The summed E-state index contributed by atoms with van der Waals surface area (Å²) in [5, 5.41) is 0. The van der Waals surface area contributed by atoms with Crippen LogP contribution in [-0.2, 0) is 19.5 Å². The quantitative estimate of drug-likeness (QED) is 0.649. The molecule has 4 rings (SSSR count). The molecule has 2 heterocycles. The number of nitrogens with zero attached hydrogens (tertiary/aromatic N) is 2. The molecule has 7 heteroatoms. The molecule has 1 aliphatic heterocycles. The highest BCUT2D eigenvalue weighted by atomic mass is 16.5. The van der Waals surface area contributed by atoms with Gasteiger partial charge < -0.3 is 20.2 Å². The highest BCUT2D eigenvalue weighted by Gasteiger charge is 2.23. The molecule has 2 aromatic carbocycles. The summed E-state index contributed by atoms with van der Waals surface area (Å²) in [5.74, 6) is 2.01. The summed E-state index contributed by atoms with van der Waals surface area (Å²) in [4.78, 5) is 22.5. The molecule has 0 radical (unpaired) electrons. The second-order valence-corrected chi connectivity index (χ2v) is 7.08. The van der Waals surface area contributed by atoms with Crippen molar-refractivity contribution in [2.45, 2.75) is 19.5 Å². The van der Waals surface area contributed by atoms with Gasteiger partial charge in [-0.3, -0.25) is 9.69 Å². The van der Waals surface area contributed by atoms with E-state index in [1.807, 2.05) is 30.3 Å². The number of rotatable bonds is 5. The number of benzene rings is 2. The van der Waals surface area contributed by atoms with Crippen molar-refractivity contribution in [2.75, 3.05) is 26.5 Å². The number of methoxy groups -OCH3 is 2. The van der Waals surface area contributed by atoms with Crippen molar-refractivity contribution in [1.29, 1.82) is 0 Å². The Balaban J connectivity index is 1.61. The van der Waals surface area contributed by atoms with E-state index in [0.29, 0.717) is 36.8 Å². The van der Waals surface area contributed by atoms with Gasteiger partial charge in [-0.2, -0.15) is 0 Å². The van der Waals surface area contributed by atoms with Gasteiger partial charge in [-0.1, -0.05) is 12.1 Å². The Labute approximate surface area is 169 Å². The van der Waals surface area contributed by atoms with E-state index >= 15 is 0 Å². The monoisotopic (exact) mass is 392 g/mol. The van der Waals surface area contributed by atoms with Crippen molar-refractivity contribution in [1.82, 2.24) is 14.9 Å². The predicted molar refractivity (Wildman–Crippen MR) is 112 cm³/mol. The van der Waals surface area contributed by atoms with Gasteiger partial charge in [-0.15, -0.1) is 0 Å². The van der Waals surface area contributed by atoms with E-state index in [9.17, 15) is 4.79 Å². The first-order valence-electron chi connectivity index (χ1n) is 9.49. The van der Waals surface area contributed by atoms with Crippen LogP contribution in [0.5, 0.6) is 11.5 Å². The summed E-state index contributed by atoms with van der Waals surface area (Å²) in [6, 6.07) is 13.2. The van der Waals surface area contributed by atoms with Gasteiger partial charge in [-0.25, -0.2) is 4.98 Å². The number of para-hydroxylation sites is 1. The lowest BCUT2D eigenvalue weighted by atomic mass is 10.0. The van der Waals surface area contributed by atoms with Gasteiger partial charge in [-0.05, 0) is 36.8 Å². The molecule has 3 N–H and O–H groups in total. The molecule has 0 aliphatic carbocycles. The molecular weight excluding hydrogens is 368 g/mol. The predicted octanol–water partition coefficient (Wildman–Crippen LogP) is 2.59. The molecule has 1 aromatic heterocycles. The molecule has 1 aliphatic rings. The van der Waals surface area contributed by atoms with Crippen molar-refractivity contribution in [3.8, 4) is 22.9 Å². The highest BCUT2D eigenvalue weighted by molar-refractivity contribution is 5.58. The molecule has 0 saturated heterocycles. The molecule has 0 fully saturated rings. The Bertz CT molecular complexity index is 1080. The fourth-order valence-corrected chi connectivity index (χ4v) is 3.73. The van der Waals surface area contributed by atoms with Gasteiger partial charge in [0.05, 0.1) is 19.9 Å². The third-order valence-electron chi connectivity index (χ3n) is 5.22. The van der Waals surface area contributed by atoms with E-state index < -0.39 is 0 Å². The minimum absolute atomic E-state index is 0.0690. The van der Waals surface area contributed by atoms with E-state index in [2.05, 4.69) is 9.88 Å². The third kappa shape index (κ3) is 3.82. The zero-order valence-corrected chi connectivity index (χ0v) is 16.6. The molecule has 3 aromatic rings. The molecule has 0 unspecified atom stereocenters. The Morgan fingerprint density at radius 1 is 1.14 bits per heavy atom. The highest BCUT2D eigenvalue weighted by Crippen LogP contribution is 2.32. The molecule has 150 valence electrons. The number of H-pyrrole nitrogens is 1. The molecular formula is C22H24N4O3. The Kier molecular flexibility index (Phi) is 5.22. The summed E-state index contributed by atoms with van der Waals surface area (Å²) in [6.07, 6.45) is 0.659. The zero-order valence-electron chi connectivity index (χ0n) is 16.6. The number of nitrogen functional groups attached to an aromatic ring is 1. The van der Waals surface area contributed by atoms with Crippen LogP contribution in [-0.4, -0.2) is 35.6 Å². The fraction of sp³-hybridized carbons (Fsp3) is 0.273.